The monoisotopic (exact) mass is 288 g/mol. The molecule has 1 aliphatic heterocycles. The van der Waals surface area contributed by atoms with Crippen LogP contribution in [-0.2, 0) is 16.6 Å². The van der Waals surface area contributed by atoms with Gasteiger partial charge in [-0.1, -0.05) is 13.8 Å². The number of aromatic nitrogens is 2. The van der Waals surface area contributed by atoms with Gasteiger partial charge < -0.3 is 4.42 Å². The van der Waals surface area contributed by atoms with Gasteiger partial charge in [0, 0.05) is 32.1 Å². The van der Waals surface area contributed by atoms with Crippen LogP contribution in [0.1, 0.15) is 31.5 Å². The molecule has 1 aromatic heterocycles. The van der Waals surface area contributed by atoms with Gasteiger partial charge in [-0.2, -0.15) is 4.31 Å². The minimum absolute atomic E-state index is 0.225. The third-order valence-electron chi connectivity index (χ3n) is 3.14. The Balaban J connectivity index is 1.88. The maximum absolute atomic E-state index is 11.4. The van der Waals surface area contributed by atoms with Crippen molar-refractivity contribution in [2.45, 2.75) is 26.3 Å². The molecule has 2 rings (SSSR count). The molecule has 0 spiro atoms. The molecule has 7 nitrogen and oxygen atoms in total. The Hall–Kier alpha value is -0.990. The summed E-state index contributed by atoms with van der Waals surface area (Å²) in [5.41, 5.74) is 0. The molecular formula is C11H20N4O3S. The molecule has 0 aromatic carbocycles. The van der Waals surface area contributed by atoms with Crippen LogP contribution in [0.4, 0.5) is 0 Å². The van der Waals surface area contributed by atoms with Crippen LogP contribution in [-0.4, -0.2) is 60.3 Å². The van der Waals surface area contributed by atoms with E-state index in [0.29, 0.717) is 44.5 Å². The molecule has 1 saturated heterocycles. The van der Waals surface area contributed by atoms with E-state index in [0.717, 1.165) is 0 Å². The zero-order valence-corrected chi connectivity index (χ0v) is 12.4. The molecule has 0 unspecified atom stereocenters. The maximum Gasteiger partial charge on any atom is 0.230 e. The highest BCUT2D eigenvalue weighted by molar-refractivity contribution is 7.88. The molecule has 0 N–H and O–H groups in total. The lowest BCUT2D eigenvalue weighted by molar-refractivity contribution is 0.167. The standard InChI is InChI=1S/C11H20N4O3S/c1-9(2)11-13-12-10(18-11)8-14-4-6-15(7-5-14)19(3,16)17/h9H,4-8H2,1-3H3. The summed E-state index contributed by atoms with van der Waals surface area (Å²) in [6, 6.07) is 0. The highest BCUT2D eigenvalue weighted by Crippen LogP contribution is 2.14. The predicted molar refractivity (Wildman–Crippen MR) is 70.1 cm³/mol. The van der Waals surface area contributed by atoms with E-state index in [1.165, 1.54) is 10.6 Å². The summed E-state index contributed by atoms with van der Waals surface area (Å²) in [4.78, 5) is 2.12. The molecule has 0 amide bonds. The average Bonchev–Trinajstić information content (AvgIpc) is 2.77. The van der Waals surface area contributed by atoms with Crippen molar-refractivity contribution in [3.63, 3.8) is 0 Å². The number of piperazine rings is 1. The van der Waals surface area contributed by atoms with Gasteiger partial charge in [0.15, 0.2) is 0 Å². The number of nitrogens with zero attached hydrogens (tertiary/aromatic N) is 4. The Labute approximate surface area is 113 Å². The quantitative estimate of drug-likeness (QED) is 0.791. The van der Waals surface area contributed by atoms with Gasteiger partial charge in [-0.3, -0.25) is 4.90 Å². The minimum atomic E-state index is -3.07. The van der Waals surface area contributed by atoms with Gasteiger partial charge in [-0.15, -0.1) is 10.2 Å². The number of hydrogen-bond acceptors (Lipinski definition) is 6. The van der Waals surface area contributed by atoms with Crippen LogP contribution in [0.3, 0.4) is 0 Å². The summed E-state index contributed by atoms with van der Waals surface area (Å²) in [5.74, 6) is 1.46. The van der Waals surface area contributed by atoms with Crippen LogP contribution in [0.5, 0.6) is 0 Å². The first-order valence-corrected chi connectivity index (χ1v) is 8.21. The number of rotatable bonds is 4. The van der Waals surface area contributed by atoms with E-state index in [1.807, 2.05) is 13.8 Å². The van der Waals surface area contributed by atoms with E-state index in [-0.39, 0.29) is 5.92 Å². The van der Waals surface area contributed by atoms with E-state index < -0.39 is 10.0 Å². The molecular weight excluding hydrogens is 268 g/mol. The van der Waals surface area contributed by atoms with Crippen molar-refractivity contribution in [3.05, 3.63) is 11.8 Å². The molecule has 1 fully saturated rings. The fourth-order valence-corrected chi connectivity index (χ4v) is 2.80. The smallest absolute Gasteiger partial charge is 0.230 e. The molecule has 1 aromatic rings. The summed E-state index contributed by atoms with van der Waals surface area (Å²) < 4.78 is 29.8. The average molecular weight is 288 g/mol. The Bertz CT molecular complexity index is 518. The summed E-state index contributed by atoms with van der Waals surface area (Å²) >= 11 is 0. The fourth-order valence-electron chi connectivity index (χ4n) is 1.97. The lowest BCUT2D eigenvalue weighted by Crippen LogP contribution is -2.47. The van der Waals surface area contributed by atoms with Crippen LogP contribution in [0.25, 0.3) is 0 Å². The Morgan fingerprint density at radius 2 is 1.84 bits per heavy atom. The van der Waals surface area contributed by atoms with Gasteiger partial charge in [0.2, 0.25) is 21.8 Å². The second-order valence-corrected chi connectivity index (χ2v) is 7.11. The van der Waals surface area contributed by atoms with Crippen molar-refractivity contribution < 1.29 is 12.8 Å². The van der Waals surface area contributed by atoms with E-state index in [9.17, 15) is 8.42 Å². The van der Waals surface area contributed by atoms with Crippen molar-refractivity contribution in [2.24, 2.45) is 0 Å². The number of sulfonamides is 1. The van der Waals surface area contributed by atoms with Gasteiger partial charge in [-0.25, -0.2) is 8.42 Å². The van der Waals surface area contributed by atoms with Crippen molar-refractivity contribution in [3.8, 4) is 0 Å². The summed E-state index contributed by atoms with van der Waals surface area (Å²) in [7, 11) is -3.07. The minimum Gasteiger partial charge on any atom is -0.424 e. The summed E-state index contributed by atoms with van der Waals surface area (Å²) in [5, 5.41) is 7.99. The van der Waals surface area contributed by atoms with Crippen LogP contribution >= 0.6 is 0 Å². The van der Waals surface area contributed by atoms with Gasteiger partial charge in [-0.05, 0) is 0 Å². The van der Waals surface area contributed by atoms with Crippen molar-refractivity contribution in [1.29, 1.82) is 0 Å². The van der Waals surface area contributed by atoms with Crippen molar-refractivity contribution >= 4 is 10.0 Å². The fraction of sp³-hybridized carbons (Fsp3) is 0.818. The topological polar surface area (TPSA) is 79.5 Å². The van der Waals surface area contributed by atoms with Crippen LogP contribution in [0.15, 0.2) is 4.42 Å². The molecule has 8 heteroatoms. The molecule has 0 atom stereocenters. The first-order valence-electron chi connectivity index (χ1n) is 6.36. The van der Waals surface area contributed by atoms with E-state index in [4.69, 9.17) is 4.42 Å². The van der Waals surface area contributed by atoms with Crippen molar-refractivity contribution in [2.75, 3.05) is 32.4 Å². The zero-order valence-electron chi connectivity index (χ0n) is 11.5. The van der Waals surface area contributed by atoms with Gasteiger partial charge >= 0.3 is 0 Å². The Morgan fingerprint density at radius 3 is 2.32 bits per heavy atom. The van der Waals surface area contributed by atoms with Gasteiger partial charge in [0.25, 0.3) is 0 Å². The van der Waals surface area contributed by atoms with Gasteiger partial charge in [0.1, 0.15) is 0 Å². The lowest BCUT2D eigenvalue weighted by atomic mass is 10.2. The highest BCUT2D eigenvalue weighted by atomic mass is 32.2. The second-order valence-electron chi connectivity index (χ2n) is 5.13. The summed E-state index contributed by atoms with van der Waals surface area (Å²) in [6.45, 7) is 6.99. The number of hydrogen-bond donors (Lipinski definition) is 0. The SMILES string of the molecule is CC(C)c1nnc(CN2CCN(S(C)(=O)=O)CC2)o1. The third kappa shape index (κ3) is 3.74. The highest BCUT2D eigenvalue weighted by Gasteiger charge is 2.24. The molecule has 108 valence electrons. The molecule has 0 aliphatic carbocycles. The van der Waals surface area contributed by atoms with Crippen LogP contribution in [0, 0.1) is 0 Å². The molecule has 2 heterocycles. The predicted octanol–water partition coefficient (Wildman–Crippen LogP) is 0.270. The zero-order chi connectivity index (χ0) is 14.0. The molecule has 0 radical (unpaired) electrons. The van der Waals surface area contributed by atoms with Crippen molar-refractivity contribution in [1.82, 2.24) is 19.4 Å². The Morgan fingerprint density at radius 1 is 1.21 bits per heavy atom. The van der Waals surface area contributed by atoms with Crippen LogP contribution < -0.4 is 0 Å². The molecule has 1 aliphatic rings. The maximum atomic E-state index is 11.4. The van der Waals surface area contributed by atoms with Gasteiger partial charge in [0.05, 0.1) is 12.8 Å². The molecule has 0 saturated carbocycles. The van der Waals surface area contributed by atoms with E-state index in [2.05, 4.69) is 15.1 Å². The first kappa shape index (κ1) is 14.4. The lowest BCUT2D eigenvalue weighted by Gasteiger charge is -2.32. The largest absolute Gasteiger partial charge is 0.424 e. The molecule has 19 heavy (non-hydrogen) atoms. The Kier molecular flexibility index (Phi) is 4.22. The summed E-state index contributed by atoms with van der Waals surface area (Å²) in [6.07, 6.45) is 1.25. The molecule has 0 bridgehead atoms. The first-order chi connectivity index (χ1) is 8.86. The second kappa shape index (κ2) is 5.56. The third-order valence-corrected chi connectivity index (χ3v) is 4.44. The normalized spacial score (nSPS) is 19.2. The van der Waals surface area contributed by atoms with E-state index in [1.54, 1.807) is 0 Å². The van der Waals surface area contributed by atoms with E-state index >= 15 is 0 Å². The van der Waals surface area contributed by atoms with Crippen LogP contribution in [0.2, 0.25) is 0 Å².